The molecule has 1 saturated carbocycles. The summed E-state index contributed by atoms with van der Waals surface area (Å²) in [6.07, 6.45) is 1.71. The summed E-state index contributed by atoms with van der Waals surface area (Å²) in [4.78, 5) is 40.2. The first-order valence-corrected chi connectivity index (χ1v) is 11.7. The highest BCUT2D eigenvalue weighted by Gasteiger charge is 2.72. The van der Waals surface area contributed by atoms with Crippen molar-refractivity contribution in [1.82, 2.24) is 4.90 Å². The molecule has 10 heteroatoms. The highest BCUT2D eigenvalue weighted by molar-refractivity contribution is 5.87. The van der Waals surface area contributed by atoms with Crippen molar-refractivity contribution in [3.05, 3.63) is 0 Å². The number of rotatable bonds is 7. The fourth-order valence-electron chi connectivity index (χ4n) is 5.81. The number of hydrogen-bond donors (Lipinski definition) is 0. The summed E-state index contributed by atoms with van der Waals surface area (Å²) in [5, 5.41) is 0. The summed E-state index contributed by atoms with van der Waals surface area (Å²) in [7, 11) is 1.53. The molecule has 0 spiro atoms. The molecular formula is C22H31NO9. The molecule has 0 aromatic rings. The van der Waals surface area contributed by atoms with E-state index in [1.165, 1.54) is 13.5 Å². The molecule has 0 amide bonds. The number of ether oxygens (including phenoxy) is 6. The van der Waals surface area contributed by atoms with E-state index in [9.17, 15) is 14.4 Å². The monoisotopic (exact) mass is 453 g/mol. The van der Waals surface area contributed by atoms with Crippen molar-refractivity contribution in [3.8, 4) is 0 Å². The number of fused-ring (bicyclic) bond motifs is 1. The summed E-state index contributed by atoms with van der Waals surface area (Å²) >= 11 is 0. The van der Waals surface area contributed by atoms with E-state index in [4.69, 9.17) is 28.4 Å². The first-order chi connectivity index (χ1) is 15.6. The summed E-state index contributed by atoms with van der Waals surface area (Å²) in [5.74, 6) is -2.93. The van der Waals surface area contributed by atoms with E-state index < -0.39 is 60.4 Å². The molecule has 178 valence electrons. The maximum atomic E-state index is 13.2. The van der Waals surface area contributed by atoms with E-state index in [0.717, 1.165) is 25.7 Å². The van der Waals surface area contributed by atoms with Crippen molar-refractivity contribution in [2.75, 3.05) is 40.0 Å². The van der Waals surface area contributed by atoms with Crippen molar-refractivity contribution in [2.24, 2.45) is 17.8 Å². The molecule has 1 aliphatic carbocycles. The summed E-state index contributed by atoms with van der Waals surface area (Å²) in [6, 6.07) is 0. The maximum absolute atomic E-state index is 13.2. The first-order valence-electron chi connectivity index (χ1n) is 11.7. The Morgan fingerprint density at radius 2 is 1.84 bits per heavy atom. The Morgan fingerprint density at radius 3 is 2.56 bits per heavy atom. The summed E-state index contributed by atoms with van der Waals surface area (Å²) in [5.41, 5.74) is 0. The Hall–Kier alpha value is -1.75. The number of methoxy groups -OCH3 is 1. The number of hydrogen-bond acceptors (Lipinski definition) is 10. The number of esters is 3. The molecule has 10 nitrogen and oxygen atoms in total. The van der Waals surface area contributed by atoms with Crippen LogP contribution in [0.5, 0.6) is 0 Å². The van der Waals surface area contributed by atoms with Crippen LogP contribution in [0.1, 0.15) is 32.1 Å². The van der Waals surface area contributed by atoms with Crippen LogP contribution >= 0.6 is 0 Å². The van der Waals surface area contributed by atoms with Gasteiger partial charge in [0.1, 0.15) is 24.0 Å². The zero-order chi connectivity index (χ0) is 22.2. The second-order valence-electron chi connectivity index (χ2n) is 9.30. The second-order valence-corrected chi connectivity index (χ2v) is 9.30. The van der Waals surface area contributed by atoms with Crippen molar-refractivity contribution < 1.29 is 42.8 Å². The van der Waals surface area contributed by atoms with Gasteiger partial charge >= 0.3 is 17.9 Å². The normalized spacial score (nSPS) is 37.8. The Morgan fingerprint density at radius 1 is 1.09 bits per heavy atom. The van der Waals surface area contributed by atoms with Gasteiger partial charge in [0, 0.05) is 26.1 Å². The zero-order valence-electron chi connectivity index (χ0n) is 18.3. The molecule has 0 aromatic heterocycles. The summed E-state index contributed by atoms with van der Waals surface area (Å²) in [6.45, 7) is 2.56. The molecule has 5 rings (SSSR count). The lowest BCUT2D eigenvalue weighted by atomic mass is 9.78. The molecule has 0 aromatic carbocycles. The molecule has 5 fully saturated rings. The molecule has 4 aliphatic heterocycles. The van der Waals surface area contributed by atoms with Crippen LogP contribution in [0.2, 0.25) is 0 Å². The van der Waals surface area contributed by atoms with E-state index in [-0.39, 0.29) is 12.5 Å². The molecular weight excluding hydrogens is 422 g/mol. The van der Waals surface area contributed by atoms with Crippen LogP contribution in [0.25, 0.3) is 0 Å². The van der Waals surface area contributed by atoms with Gasteiger partial charge in [-0.2, -0.15) is 0 Å². The van der Waals surface area contributed by atoms with Gasteiger partial charge in [-0.15, -0.1) is 0 Å². The minimum absolute atomic E-state index is 0.115. The highest BCUT2D eigenvalue weighted by atomic mass is 16.7. The first kappa shape index (κ1) is 22.1. The van der Waals surface area contributed by atoms with Gasteiger partial charge in [0.25, 0.3) is 0 Å². The minimum atomic E-state index is -0.867. The van der Waals surface area contributed by atoms with Crippen molar-refractivity contribution in [2.45, 2.75) is 62.8 Å². The molecule has 0 N–H and O–H groups in total. The van der Waals surface area contributed by atoms with Crippen molar-refractivity contribution in [3.63, 3.8) is 0 Å². The molecule has 0 radical (unpaired) electrons. The van der Waals surface area contributed by atoms with Crippen LogP contribution in [0.4, 0.5) is 0 Å². The lowest BCUT2D eigenvalue weighted by Gasteiger charge is -2.32. The SMILES string of the molecule is COC(OC(=O)C1C2OC3C(OC(=O)C31)C2OC(=O)CN1CCOCC1)C1CCCCC1. The van der Waals surface area contributed by atoms with Gasteiger partial charge < -0.3 is 28.4 Å². The van der Waals surface area contributed by atoms with Gasteiger partial charge in [-0.05, 0) is 12.8 Å². The van der Waals surface area contributed by atoms with Crippen molar-refractivity contribution in [1.29, 1.82) is 0 Å². The zero-order valence-corrected chi connectivity index (χ0v) is 18.3. The molecule has 32 heavy (non-hydrogen) atoms. The highest BCUT2D eigenvalue weighted by Crippen LogP contribution is 2.51. The largest absolute Gasteiger partial charge is 0.455 e. The lowest BCUT2D eigenvalue weighted by Crippen LogP contribution is -2.50. The van der Waals surface area contributed by atoms with Gasteiger partial charge in [0.05, 0.1) is 19.8 Å². The smallest absolute Gasteiger partial charge is 0.320 e. The average Bonchev–Trinajstić information content (AvgIpc) is 3.42. The predicted octanol–water partition coefficient (Wildman–Crippen LogP) is 0.265. The predicted molar refractivity (Wildman–Crippen MR) is 106 cm³/mol. The van der Waals surface area contributed by atoms with Crippen molar-refractivity contribution >= 4 is 17.9 Å². The molecule has 4 saturated heterocycles. The molecule has 7 unspecified atom stereocenters. The van der Waals surface area contributed by atoms with Gasteiger partial charge in [-0.3, -0.25) is 19.3 Å². The average molecular weight is 453 g/mol. The third-order valence-electron chi connectivity index (χ3n) is 7.40. The van der Waals surface area contributed by atoms with E-state index in [2.05, 4.69) is 0 Å². The maximum Gasteiger partial charge on any atom is 0.320 e. The Balaban J connectivity index is 1.25. The van der Waals surface area contributed by atoms with E-state index >= 15 is 0 Å². The quantitative estimate of drug-likeness (QED) is 0.303. The van der Waals surface area contributed by atoms with Gasteiger partial charge in [0.15, 0.2) is 12.2 Å². The van der Waals surface area contributed by atoms with Crippen LogP contribution in [-0.4, -0.2) is 93.5 Å². The minimum Gasteiger partial charge on any atom is -0.455 e. The van der Waals surface area contributed by atoms with Gasteiger partial charge in [-0.25, -0.2) is 0 Å². The third kappa shape index (κ3) is 4.02. The molecule has 7 atom stereocenters. The van der Waals surface area contributed by atoms with Crippen LogP contribution in [0.3, 0.4) is 0 Å². The van der Waals surface area contributed by atoms with Crippen LogP contribution in [0, 0.1) is 17.8 Å². The Kier molecular flexibility index (Phi) is 6.37. The van der Waals surface area contributed by atoms with E-state index in [1.54, 1.807) is 0 Å². The summed E-state index contributed by atoms with van der Waals surface area (Å²) < 4.78 is 33.6. The Bertz CT molecular complexity index is 733. The third-order valence-corrected chi connectivity index (χ3v) is 7.40. The van der Waals surface area contributed by atoms with E-state index in [0.29, 0.717) is 26.3 Å². The van der Waals surface area contributed by atoms with E-state index in [1.807, 2.05) is 4.90 Å². The van der Waals surface area contributed by atoms with Crippen LogP contribution < -0.4 is 0 Å². The fourth-order valence-corrected chi connectivity index (χ4v) is 5.81. The lowest BCUT2D eigenvalue weighted by molar-refractivity contribution is -0.196. The number of nitrogens with zero attached hydrogens (tertiary/aromatic N) is 1. The van der Waals surface area contributed by atoms with Gasteiger partial charge in [-0.1, -0.05) is 19.3 Å². The second kappa shape index (κ2) is 9.24. The standard InChI is InChI=1S/C22H31NO9/c1-27-22(12-5-3-2-4-6-12)32-21(26)15-14-17-19(31-20(14)25)18(16(15)30-17)29-13(24)11-23-7-9-28-10-8-23/h12,14-19,22H,2-11H2,1H3. The Labute approximate surface area is 186 Å². The molecule has 4 heterocycles. The molecule has 5 aliphatic rings. The number of morpholine rings is 1. The number of carbonyl (C=O) groups is 3. The van der Waals surface area contributed by atoms with Crippen LogP contribution in [0.15, 0.2) is 0 Å². The fraction of sp³-hybridized carbons (Fsp3) is 0.864. The molecule has 2 bridgehead atoms. The van der Waals surface area contributed by atoms with Gasteiger partial charge in [0.2, 0.25) is 6.29 Å². The van der Waals surface area contributed by atoms with Crippen LogP contribution in [-0.2, 0) is 42.8 Å². The topological polar surface area (TPSA) is 110 Å². The number of carbonyl (C=O) groups excluding carboxylic acids is 3.